The van der Waals surface area contributed by atoms with E-state index in [2.05, 4.69) is 9.72 Å². The Kier molecular flexibility index (Phi) is 12.4. The number of carbonyl (C=O) groups is 1. The summed E-state index contributed by atoms with van der Waals surface area (Å²) < 4.78 is 81.9. The van der Waals surface area contributed by atoms with Crippen LogP contribution < -0.4 is 23.9 Å². The molecule has 2 N–H and O–H groups in total. The third-order valence-electron chi connectivity index (χ3n) is 7.38. The topological polar surface area (TPSA) is 145 Å². The van der Waals surface area contributed by atoms with E-state index in [-0.39, 0.29) is 50.6 Å². The fraction of sp³-hybridized carbons (Fsp3) is 0.400. The number of pyridine rings is 1. The molecular formula is C30H32Cl2F2N2O9S2. The van der Waals surface area contributed by atoms with Crippen molar-refractivity contribution < 1.29 is 56.1 Å². The molecule has 1 aliphatic heterocycles. The summed E-state index contributed by atoms with van der Waals surface area (Å²) in [5, 5.41) is -0.684. The molecule has 0 bridgehead atoms. The molecule has 1 saturated carbocycles. The van der Waals surface area contributed by atoms with Crippen molar-refractivity contribution in [3.05, 3.63) is 70.0 Å². The van der Waals surface area contributed by atoms with Crippen LogP contribution >= 0.6 is 35.0 Å². The lowest BCUT2D eigenvalue weighted by molar-refractivity contribution is -0.377. The van der Waals surface area contributed by atoms with E-state index < -0.39 is 34.1 Å². The number of ether oxygens (including phenoxy) is 5. The fourth-order valence-electron chi connectivity index (χ4n) is 4.80. The van der Waals surface area contributed by atoms with Crippen LogP contribution in [0.4, 0.5) is 8.78 Å². The minimum Gasteiger partial charge on any atom is -0.870 e. The van der Waals surface area contributed by atoms with Crippen LogP contribution in [0.15, 0.2) is 53.7 Å². The molecule has 2 fully saturated rings. The number of hydrogen-bond acceptors (Lipinski definition) is 10. The molecular weight excluding hydrogens is 705 g/mol. The third kappa shape index (κ3) is 8.69. The number of halogens is 4. The zero-order valence-corrected chi connectivity index (χ0v) is 28.3. The van der Waals surface area contributed by atoms with Crippen molar-refractivity contribution in [1.82, 2.24) is 4.31 Å². The number of benzene rings is 2. The van der Waals surface area contributed by atoms with E-state index in [4.69, 9.17) is 42.1 Å². The zero-order valence-electron chi connectivity index (χ0n) is 25.2. The van der Waals surface area contributed by atoms with Gasteiger partial charge in [-0.3, -0.25) is 0 Å². The van der Waals surface area contributed by atoms with Gasteiger partial charge in [-0.25, -0.2) is 18.2 Å². The van der Waals surface area contributed by atoms with E-state index in [0.717, 1.165) is 28.9 Å². The molecule has 1 saturated heterocycles. The smallest absolute Gasteiger partial charge is 0.387 e. The van der Waals surface area contributed by atoms with Gasteiger partial charge in [0.25, 0.3) is 0 Å². The fourth-order valence-corrected chi connectivity index (χ4v) is 8.40. The summed E-state index contributed by atoms with van der Waals surface area (Å²) in [5.74, 6) is 0.250. The largest absolute Gasteiger partial charge is 0.870 e. The number of methoxy groups -OCH3 is 2. The van der Waals surface area contributed by atoms with Gasteiger partial charge in [0.1, 0.15) is 16.1 Å². The minimum atomic E-state index is -4.17. The van der Waals surface area contributed by atoms with Crippen molar-refractivity contribution in [2.75, 3.05) is 33.1 Å². The van der Waals surface area contributed by atoms with E-state index in [1.165, 1.54) is 63.0 Å². The Hall–Kier alpha value is -3.08. The summed E-state index contributed by atoms with van der Waals surface area (Å²) in [4.78, 5) is 16.5. The van der Waals surface area contributed by atoms with Crippen LogP contribution in [0.5, 0.6) is 23.0 Å². The van der Waals surface area contributed by atoms with E-state index in [1.54, 1.807) is 0 Å². The summed E-state index contributed by atoms with van der Waals surface area (Å²) >= 11 is 14.0. The van der Waals surface area contributed by atoms with Crippen molar-refractivity contribution in [3.8, 4) is 23.0 Å². The minimum absolute atomic E-state index is 0. The number of rotatable bonds is 14. The summed E-state index contributed by atoms with van der Waals surface area (Å²) in [5.41, 5.74) is 0.820. The van der Waals surface area contributed by atoms with Crippen LogP contribution in [-0.4, -0.2) is 69.3 Å². The maximum Gasteiger partial charge on any atom is 0.387 e. The standard InChI is InChI=1S/C30H30Cl2F2N2O8S2.H2O/c1-40-23-8-6-19(12-26(23)41-2)46(38,39)36-9-10-45-28(36)29(37)43-25(13-20-21(31)14-35-15-22(20)32)18-5-7-24(44-30(33)34)27(11-18)42-16-17-3-4-17;/h5-8,11-12,14-15,17,25,28,30H,3-4,9-10,13,16H2,1-2H3;1H2/t25-,28-;/m0./s1. The second-order valence-corrected chi connectivity index (χ2v) is 14.3. The summed E-state index contributed by atoms with van der Waals surface area (Å²) in [6.45, 7) is -2.73. The molecule has 0 spiro atoms. The Labute approximate surface area is 284 Å². The van der Waals surface area contributed by atoms with Gasteiger partial charge in [0.2, 0.25) is 10.0 Å². The van der Waals surface area contributed by atoms with Gasteiger partial charge in [0.15, 0.2) is 40.8 Å². The van der Waals surface area contributed by atoms with Gasteiger partial charge in [-0.05, 0) is 48.6 Å². The van der Waals surface area contributed by atoms with Crippen LogP contribution in [0.25, 0.3) is 0 Å². The number of thioether (sulfide) groups is 1. The molecule has 2 aliphatic rings. The van der Waals surface area contributed by atoms with Crippen LogP contribution in [0, 0.1) is 5.92 Å². The first-order valence-electron chi connectivity index (χ1n) is 14.1. The quantitative estimate of drug-likeness (QED) is 0.191. The molecule has 0 amide bonds. The Morgan fingerprint density at radius 2 is 1.70 bits per heavy atom. The number of alkyl halides is 2. The SMILES string of the molecule is COc1ccc(S(=O)(=O)N2CCS[C@H]2C(=O)O[C@@H](Cc2c(Cl)c[nH+]cc2Cl)c2ccc(OC(F)F)c(OCC3CC3)c2)cc1OC.[OH-]. The van der Waals surface area contributed by atoms with Crippen molar-refractivity contribution in [2.24, 2.45) is 5.92 Å². The number of aromatic amines is 1. The summed E-state index contributed by atoms with van der Waals surface area (Å²) in [6.07, 6.45) is 3.87. The van der Waals surface area contributed by atoms with Gasteiger partial charge < -0.3 is 29.2 Å². The van der Waals surface area contributed by atoms with E-state index in [1.807, 2.05) is 0 Å². The second kappa shape index (κ2) is 15.9. The molecule has 256 valence electrons. The normalized spacial score (nSPS) is 17.1. The second-order valence-electron chi connectivity index (χ2n) is 10.5. The van der Waals surface area contributed by atoms with Crippen LogP contribution in [-0.2, 0) is 26.0 Å². The number of aromatic nitrogens is 1. The van der Waals surface area contributed by atoms with Gasteiger partial charge >= 0.3 is 12.6 Å². The first-order valence-corrected chi connectivity index (χ1v) is 17.4. The summed E-state index contributed by atoms with van der Waals surface area (Å²) in [6, 6.07) is 8.40. The number of nitrogens with zero attached hydrogens (tertiary/aromatic N) is 1. The molecule has 5 rings (SSSR count). The number of H-pyrrole nitrogens is 1. The molecule has 0 radical (unpaired) electrons. The lowest BCUT2D eigenvalue weighted by Gasteiger charge is -2.26. The van der Waals surface area contributed by atoms with Crippen molar-refractivity contribution in [2.45, 2.75) is 42.2 Å². The highest BCUT2D eigenvalue weighted by molar-refractivity contribution is 8.02. The van der Waals surface area contributed by atoms with Crippen LogP contribution in [0.1, 0.15) is 30.1 Å². The molecule has 2 atom stereocenters. The van der Waals surface area contributed by atoms with Gasteiger partial charge in [0, 0.05) is 30.3 Å². The molecule has 0 unspecified atom stereocenters. The van der Waals surface area contributed by atoms with Crippen molar-refractivity contribution in [1.29, 1.82) is 0 Å². The maximum atomic E-state index is 13.8. The Bertz CT molecular complexity index is 1660. The highest BCUT2D eigenvalue weighted by Gasteiger charge is 2.42. The molecule has 2 heterocycles. The lowest BCUT2D eigenvalue weighted by Crippen LogP contribution is -2.40. The molecule has 2 aromatic carbocycles. The third-order valence-corrected chi connectivity index (χ3v) is 11.2. The van der Waals surface area contributed by atoms with Crippen molar-refractivity contribution in [3.63, 3.8) is 0 Å². The van der Waals surface area contributed by atoms with Crippen molar-refractivity contribution >= 4 is 51.0 Å². The van der Waals surface area contributed by atoms with E-state index in [9.17, 15) is 22.0 Å². The average Bonchev–Trinajstić information content (AvgIpc) is 3.72. The highest BCUT2D eigenvalue weighted by Crippen LogP contribution is 2.40. The van der Waals surface area contributed by atoms with Gasteiger partial charge in [0.05, 0.1) is 25.7 Å². The Morgan fingerprint density at radius 3 is 2.34 bits per heavy atom. The lowest BCUT2D eigenvalue weighted by atomic mass is 10.0. The van der Waals surface area contributed by atoms with Gasteiger partial charge in [-0.2, -0.15) is 13.1 Å². The molecule has 3 aromatic rings. The number of carbonyl (C=O) groups excluding carboxylic acids is 1. The summed E-state index contributed by atoms with van der Waals surface area (Å²) in [7, 11) is -1.36. The number of hydrogen-bond donors (Lipinski definition) is 0. The van der Waals surface area contributed by atoms with E-state index in [0.29, 0.717) is 35.2 Å². The van der Waals surface area contributed by atoms with Gasteiger partial charge in [-0.15, -0.1) is 11.8 Å². The number of nitrogens with one attached hydrogen (secondary N) is 1. The average molecular weight is 738 g/mol. The predicted molar refractivity (Wildman–Crippen MR) is 168 cm³/mol. The molecule has 1 aromatic heterocycles. The number of esters is 1. The predicted octanol–water partition coefficient (Wildman–Crippen LogP) is 5.63. The van der Waals surface area contributed by atoms with Gasteiger partial charge in [-0.1, -0.05) is 29.3 Å². The first kappa shape index (κ1) is 36.8. The molecule has 17 heteroatoms. The van der Waals surface area contributed by atoms with E-state index >= 15 is 0 Å². The Balaban J connectivity index is 0.00000500. The maximum absolute atomic E-state index is 13.8. The van der Waals surface area contributed by atoms with Crippen LogP contribution in [0.2, 0.25) is 10.0 Å². The molecule has 11 nitrogen and oxygen atoms in total. The highest BCUT2D eigenvalue weighted by atomic mass is 35.5. The zero-order chi connectivity index (χ0) is 33.0. The number of sulfonamides is 1. The Morgan fingerprint density at radius 1 is 1.02 bits per heavy atom. The monoisotopic (exact) mass is 736 g/mol. The van der Waals surface area contributed by atoms with Crippen LogP contribution in [0.3, 0.4) is 0 Å². The first-order chi connectivity index (χ1) is 22.0. The molecule has 1 aliphatic carbocycles. The molecule has 47 heavy (non-hydrogen) atoms.